The average molecular weight is 298 g/mol. The zero-order chi connectivity index (χ0) is 14.0. The number of aromatic nitrogens is 1. The van der Waals surface area contributed by atoms with Gasteiger partial charge in [-0.25, -0.2) is 4.98 Å². The Morgan fingerprint density at radius 2 is 2.16 bits per heavy atom. The Bertz CT molecular complexity index is 608. The van der Waals surface area contributed by atoms with Crippen molar-refractivity contribution < 1.29 is 4.92 Å². The molecule has 19 heavy (non-hydrogen) atoms. The van der Waals surface area contributed by atoms with Crippen molar-refractivity contribution in [1.82, 2.24) is 4.98 Å². The largest absolute Gasteiger partial charge is 0.365 e. The van der Waals surface area contributed by atoms with Crippen LogP contribution >= 0.6 is 22.9 Å². The number of nitrogens with one attached hydrogen (secondary N) is 1. The van der Waals surface area contributed by atoms with Crippen LogP contribution in [0.15, 0.2) is 18.2 Å². The predicted octanol–water partition coefficient (Wildman–Crippen LogP) is 3.93. The van der Waals surface area contributed by atoms with E-state index in [4.69, 9.17) is 11.6 Å². The second-order valence-electron chi connectivity index (χ2n) is 4.10. The molecular weight excluding hydrogens is 286 g/mol. The molecule has 0 bridgehead atoms. The fraction of sp³-hybridized carbons (Fsp3) is 0.250. The van der Waals surface area contributed by atoms with Gasteiger partial charge in [0.25, 0.3) is 5.69 Å². The standard InChI is InChI=1S/C12H12ClN3O2S/c1-7-3-10(19-8(7)2)6-14-12-5-9(16(17)18)4-11(13)15-12/h3-5H,6H2,1-2H3,(H,14,15). The van der Waals surface area contributed by atoms with Gasteiger partial charge in [-0.15, -0.1) is 11.3 Å². The minimum Gasteiger partial charge on any atom is -0.365 e. The number of nitro groups is 1. The third-order valence-corrected chi connectivity index (χ3v) is 4.00. The number of anilines is 1. The van der Waals surface area contributed by atoms with E-state index in [1.54, 1.807) is 11.3 Å². The monoisotopic (exact) mass is 297 g/mol. The van der Waals surface area contributed by atoms with Gasteiger partial charge in [-0.05, 0) is 25.5 Å². The first kappa shape index (κ1) is 13.8. The van der Waals surface area contributed by atoms with E-state index in [2.05, 4.69) is 30.2 Å². The van der Waals surface area contributed by atoms with Gasteiger partial charge in [-0.1, -0.05) is 11.6 Å². The van der Waals surface area contributed by atoms with Crippen LogP contribution < -0.4 is 5.32 Å². The predicted molar refractivity (Wildman–Crippen MR) is 77.0 cm³/mol. The van der Waals surface area contributed by atoms with Gasteiger partial charge in [0.15, 0.2) is 0 Å². The minimum absolute atomic E-state index is 0.0685. The minimum atomic E-state index is -0.488. The highest BCUT2D eigenvalue weighted by Gasteiger charge is 2.10. The van der Waals surface area contributed by atoms with Crippen LogP contribution in [0.5, 0.6) is 0 Å². The van der Waals surface area contributed by atoms with Gasteiger partial charge in [0.2, 0.25) is 0 Å². The van der Waals surface area contributed by atoms with Gasteiger partial charge in [-0.3, -0.25) is 10.1 Å². The van der Waals surface area contributed by atoms with Crippen LogP contribution in [0.3, 0.4) is 0 Å². The van der Waals surface area contributed by atoms with Gasteiger partial charge in [-0.2, -0.15) is 0 Å². The van der Waals surface area contributed by atoms with Crippen molar-refractivity contribution >= 4 is 34.4 Å². The molecule has 0 aliphatic carbocycles. The maximum atomic E-state index is 10.7. The van der Waals surface area contributed by atoms with E-state index in [1.807, 2.05) is 0 Å². The zero-order valence-electron chi connectivity index (χ0n) is 10.4. The molecule has 2 aromatic heterocycles. The molecule has 5 nitrogen and oxygen atoms in total. The summed E-state index contributed by atoms with van der Waals surface area (Å²) >= 11 is 7.44. The lowest BCUT2D eigenvalue weighted by atomic mass is 10.3. The maximum Gasteiger partial charge on any atom is 0.276 e. The third-order valence-electron chi connectivity index (χ3n) is 2.65. The van der Waals surface area contributed by atoms with Crippen molar-refractivity contribution in [3.8, 4) is 0 Å². The van der Waals surface area contributed by atoms with E-state index in [-0.39, 0.29) is 10.8 Å². The summed E-state index contributed by atoms with van der Waals surface area (Å²) in [5.74, 6) is 0.405. The smallest absolute Gasteiger partial charge is 0.276 e. The molecule has 2 rings (SSSR count). The Kier molecular flexibility index (Phi) is 4.01. The highest BCUT2D eigenvalue weighted by Crippen LogP contribution is 2.23. The summed E-state index contributed by atoms with van der Waals surface area (Å²) in [5.41, 5.74) is 1.17. The second kappa shape index (κ2) is 5.54. The Labute approximate surface area is 119 Å². The molecule has 1 N–H and O–H groups in total. The summed E-state index contributed by atoms with van der Waals surface area (Å²) in [4.78, 5) is 16.7. The van der Waals surface area contributed by atoms with E-state index in [1.165, 1.54) is 22.6 Å². The molecule has 0 radical (unpaired) electrons. The summed E-state index contributed by atoms with van der Waals surface area (Å²) in [6.45, 7) is 4.69. The molecule has 2 heterocycles. The quantitative estimate of drug-likeness (QED) is 0.527. The molecule has 0 aromatic carbocycles. The average Bonchev–Trinajstić information content (AvgIpc) is 2.65. The van der Waals surface area contributed by atoms with Crippen LogP contribution in [-0.2, 0) is 6.54 Å². The maximum absolute atomic E-state index is 10.7. The third kappa shape index (κ3) is 3.42. The van der Waals surface area contributed by atoms with Crippen molar-refractivity contribution in [2.75, 3.05) is 5.32 Å². The van der Waals surface area contributed by atoms with Gasteiger partial charge >= 0.3 is 0 Å². The lowest BCUT2D eigenvalue weighted by Crippen LogP contribution is -2.01. The number of thiophene rings is 1. The number of aryl methyl sites for hydroxylation is 2. The van der Waals surface area contributed by atoms with Gasteiger partial charge in [0, 0.05) is 9.75 Å². The number of hydrogen-bond acceptors (Lipinski definition) is 5. The van der Waals surface area contributed by atoms with E-state index in [0.717, 1.165) is 4.88 Å². The first-order valence-corrected chi connectivity index (χ1v) is 6.77. The summed E-state index contributed by atoms with van der Waals surface area (Å²) in [5, 5.41) is 13.9. The Morgan fingerprint density at radius 3 is 2.74 bits per heavy atom. The van der Waals surface area contributed by atoms with E-state index in [0.29, 0.717) is 12.4 Å². The first-order chi connectivity index (χ1) is 8.95. The molecule has 0 aliphatic heterocycles. The molecule has 0 fully saturated rings. The first-order valence-electron chi connectivity index (χ1n) is 5.57. The number of halogens is 1. The van der Waals surface area contributed by atoms with Crippen molar-refractivity contribution in [2.24, 2.45) is 0 Å². The summed E-state index contributed by atoms with van der Waals surface area (Å²) in [6.07, 6.45) is 0. The highest BCUT2D eigenvalue weighted by molar-refractivity contribution is 7.12. The van der Waals surface area contributed by atoms with Crippen molar-refractivity contribution in [3.63, 3.8) is 0 Å². The SMILES string of the molecule is Cc1cc(CNc2cc([N+](=O)[O-])cc(Cl)n2)sc1C. The van der Waals surface area contributed by atoms with Crippen molar-refractivity contribution in [1.29, 1.82) is 0 Å². The molecule has 2 aromatic rings. The van der Waals surface area contributed by atoms with Crippen molar-refractivity contribution in [2.45, 2.75) is 20.4 Å². The highest BCUT2D eigenvalue weighted by atomic mass is 35.5. The number of pyridine rings is 1. The van der Waals surface area contributed by atoms with Crippen LogP contribution in [0, 0.1) is 24.0 Å². The van der Waals surface area contributed by atoms with Crippen LogP contribution in [0.2, 0.25) is 5.15 Å². The number of rotatable bonds is 4. The Hall–Kier alpha value is -1.66. The summed E-state index contributed by atoms with van der Waals surface area (Å²) < 4.78 is 0. The molecule has 0 saturated carbocycles. The fourth-order valence-electron chi connectivity index (χ4n) is 1.59. The lowest BCUT2D eigenvalue weighted by molar-refractivity contribution is -0.384. The van der Waals surface area contributed by atoms with E-state index >= 15 is 0 Å². The number of hydrogen-bond donors (Lipinski definition) is 1. The molecule has 0 aliphatic rings. The van der Waals surface area contributed by atoms with Crippen LogP contribution in [0.1, 0.15) is 15.3 Å². The van der Waals surface area contributed by atoms with E-state index < -0.39 is 4.92 Å². The molecule has 0 spiro atoms. The fourth-order valence-corrected chi connectivity index (χ4v) is 2.79. The Balaban J connectivity index is 2.13. The van der Waals surface area contributed by atoms with E-state index in [9.17, 15) is 10.1 Å². The van der Waals surface area contributed by atoms with Crippen molar-refractivity contribution in [3.05, 3.63) is 48.8 Å². The lowest BCUT2D eigenvalue weighted by Gasteiger charge is -2.04. The molecule has 0 atom stereocenters. The zero-order valence-corrected chi connectivity index (χ0v) is 12.0. The molecule has 7 heteroatoms. The summed E-state index contributed by atoms with van der Waals surface area (Å²) in [6, 6.07) is 4.69. The van der Waals surface area contributed by atoms with Gasteiger partial charge in [0.1, 0.15) is 11.0 Å². The van der Waals surface area contributed by atoms with Crippen LogP contribution in [-0.4, -0.2) is 9.91 Å². The topological polar surface area (TPSA) is 68.1 Å². The molecule has 100 valence electrons. The second-order valence-corrected chi connectivity index (χ2v) is 5.82. The number of nitrogens with zero attached hydrogens (tertiary/aromatic N) is 2. The Morgan fingerprint density at radius 1 is 1.42 bits per heavy atom. The van der Waals surface area contributed by atoms with Crippen LogP contribution in [0.4, 0.5) is 11.5 Å². The van der Waals surface area contributed by atoms with Gasteiger partial charge in [0.05, 0.1) is 23.6 Å². The summed E-state index contributed by atoms with van der Waals surface area (Å²) in [7, 11) is 0. The molecular formula is C12H12ClN3O2S. The molecule has 0 amide bonds. The molecule has 0 saturated heterocycles. The molecule has 0 unspecified atom stereocenters. The van der Waals surface area contributed by atoms with Gasteiger partial charge < -0.3 is 5.32 Å². The van der Waals surface area contributed by atoms with Crippen LogP contribution in [0.25, 0.3) is 0 Å². The normalized spacial score (nSPS) is 10.5.